The number of aromatic nitrogens is 1. The van der Waals surface area contributed by atoms with Gasteiger partial charge in [0.2, 0.25) is 0 Å². The first-order valence-electron chi connectivity index (χ1n) is 8.17. The van der Waals surface area contributed by atoms with Gasteiger partial charge < -0.3 is 19.7 Å². The highest BCUT2D eigenvalue weighted by Gasteiger charge is 2.28. The monoisotopic (exact) mass is 380 g/mol. The third-order valence-electron chi connectivity index (χ3n) is 4.36. The number of aromatic carboxylic acids is 1. The minimum atomic E-state index is -1.27. The SMILES string of the molecule is O=C(O)c1cccn(CC2CNCCO[C@H]2c2ccc(Cl)c(F)c2)c1=O. The standard InChI is InChI=1S/C18H18ClFN2O4/c19-14-4-3-11(8-15(14)20)16-12(9-21-5-7-26-16)10-22-6-1-2-13(17(22)23)18(24)25/h1-4,6,8,12,16,21H,5,7,9-10H2,(H,24,25)/t12?,16-/m0/s1. The van der Waals surface area contributed by atoms with Crippen LogP contribution in [0.25, 0.3) is 0 Å². The maximum absolute atomic E-state index is 13.9. The summed E-state index contributed by atoms with van der Waals surface area (Å²) in [6, 6.07) is 7.30. The largest absolute Gasteiger partial charge is 0.477 e. The van der Waals surface area contributed by atoms with E-state index in [2.05, 4.69) is 5.32 Å². The molecule has 0 bridgehead atoms. The maximum atomic E-state index is 13.9. The second-order valence-electron chi connectivity index (χ2n) is 6.11. The molecule has 0 aliphatic carbocycles. The zero-order chi connectivity index (χ0) is 18.7. The third kappa shape index (κ3) is 3.95. The van der Waals surface area contributed by atoms with Crippen LogP contribution >= 0.6 is 11.6 Å². The quantitative estimate of drug-likeness (QED) is 0.850. The Morgan fingerprint density at radius 1 is 1.42 bits per heavy atom. The lowest BCUT2D eigenvalue weighted by Gasteiger charge is -2.26. The summed E-state index contributed by atoms with van der Waals surface area (Å²) < 4.78 is 21.1. The molecule has 3 rings (SSSR count). The summed E-state index contributed by atoms with van der Waals surface area (Å²) in [6.07, 6.45) is 1.09. The van der Waals surface area contributed by atoms with Crippen molar-refractivity contribution in [3.8, 4) is 0 Å². The van der Waals surface area contributed by atoms with Gasteiger partial charge in [0, 0.05) is 31.7 Å². The Hall–Kier alpha value is -2.22. The molecule has 1 aromatic carbocycles. The van der Waals surface area contributed by atoms with Gasteiger partial charge in [-0.3, -0.25) is 4.79 Å². The third-order valence-corrected chi connectivity index (χ3v) is 4.67. The highest BCUT2D eigenvalue weighted by atomic mass is 35.5. The lowest BCUT2D eigenvalue weighted by atomic mass is 9.95. The summed E-state index contributed by atoms with van der Waals surface area (Å²) >= 11 is 5.76. The number of nitrogens with zero attached hydrogens (tertiary/aromatic N) is 1. The molecule has 0 radical (unpaired) electrons. The first kappa shape index (κ1) is 18.6. The van der Waals surface area contributed by atoms with Crippen molar-refractivity contribution in [1.82, 2.24) is 9.88 Å². The number of hydrogen-bond acceptors (Lipinski definition) is 4. The van der Waals surface area contributed by atoms with Crippen molar-refractivity contribution < 1.29 is 19.0 Å². The lowest BCUT2D eigenvalue weighted by Crippen LogP contribution is -2.33. The molecular weight excluding hydrogens is 363 g/mol. The molecule has 0 spiro atoms. The fourth-order valence-corrected chi connectivity index (χ4v) is 3.22. The van der Waals surface area contributed by atoms with E-state index < -0.39 is 23.4 Å². The molecule has 1 aromatic heterocycles. The fraction of sp³-hybridized carbons (Fsp3) is 0.333. The molecule has 2 atom stereocenters. The summed E-state index contributed by atoms with van der Waals surface area (Å²) in [5, 5.41) is 12.4. The van der Waals surface area contributed by atoms with Crippen LogP contribution in [0, 0.1) is 11.7 Å². The van der Waals surface area contributed by atoms with Crippen molar-refractivity contribution in [3.05, 3.63) is 68.8 Å². The van der Waals surface area contributed by atoms with E-state index in [1.807, 2.05) is 0 Å². The van der Waals surface area contributed by atoms with E-state index in [0.717, 1.165) is 0 Å². The molecular formula is C18H18ClFN2O4. The molecule has 138 valence electrons. The van der Waals surface area contributed by atoms with Gasteiger partial charge in [-0.1, -0.05) is 17.7 Å². The zero-order valence-corrected chi connectivity index (χ0v) is 14.6. The molecule has 1 fully saturated rings. The van der Waals surface area contributed by atoms with Crippen LogP contribution in [-0.4, -0.2) is 35.3 Å². The number of nitrogens with one attached hydrogen (secondary N) is 1. The molecule has 6 nitrogen and oxygen atoms in total. The Balaban J connectivity index is 1.93. The summed E-state index contributed by atoms with van der Waals surface area (Å²) in [5.41, 5.74) is -0.239. The van der Waals surface area contributed by atoms with E-state index in [1.54, 1.807) is 12.3 Å². The van der Waals surface area contributed by atoms with Crippen LogP contribution in [0.1, 0.15) is 22.0 Å². The number of pyridine rings is 1. The van der Waals surface area contributed by atoms with Crippen molar-refractivity contribution in [2.24, 2.45) is 5.92 Å². The number of carbonyl (C=O) groups is 1. The predicted molar refractivity (Wildman–Crippen MR) is 94.1 cm³/mol. The molecule has 1 aliphatic heterocycles. The van der Waals surface area contributed by atoms with Crippen molar-refractivity contribution in [2.45, 2.75) is 12.6 Å². The minimum absolute atomic E-state index is 0.0300. The van der Waals surface area contributed by atoms with E-state index in [1.165, 1.54) is 28.8 Å². The van der Waals surface area contributed by atoms with Gasteiger partial charge in [0.05, 0.1) is 17.7 Å². The highest BCUT2D eigenvalue weighted by molar-refractivity contribution is 6.30. The van der Waals surface area contributed by atoms with Crippen molar-refractivity contribution in [2.75, 3.05) is 19.7 Å². The molecule has 0 saturated carbocycles. The number of rotatable bonds is 4. The number of benzene rings is 1. The van der Waals surface area contributed by atoms with Crippen LogP contribution < -0.4 is 10.9 Å². The molecule has 8 heteroatoms. The topological polar surface area (TPSA) is 80.6 Å². The minimum Gasteiger partial charge on any atom is -0.477 e. The number of hydrogen-bond donors (Lipinski definition) is 2. The average molecular weight is 381 g/mol. The van der Waals surface area contributed by atoms with Crippen molar-refractivity contribution in [3.63, 3.8) is 0 Å². The van der Waals surface area contributed by atoms with Gasteiger partial charge in [0.15, 0.2) is 0 Å². The van der Waals surface area contributed by atoms with Gasteiger partial charge in [-0.2, -0.15) is 0 Å². The van der Waals surface area contributed by atoms with Crippen LogP contribution in [0.4, 0.5) is 4.39 Å². The summed E-state index contributed by atoms with van der Waals surface area (Å²) in [4.78, 5) is 23.5. The molecule has 1 saturated heterocycles. The van der Waals surface area contributed by atoms with Gasteiger partial charge in [-0.05, 0) is 29.8 Å². The molecule has 1 unspecified atom stereocenters. The Morgan fingerprint density at radius 3 is 2.96 bits per heavy atom. The predicted octanol–water partition coefficient (Wildman–Crippen LogP) is 2.32. The summed E-state index contributed by atoms with van der Waals surface area (Å²) in [5.74, 6) is -2.00. The van der Waals surface area contributed by atoms with Gasteiger partial charge in [-0.25, -0.2) is 9.18 Å². The molecule has 26 heavy (non-hydrogen) atoms. The Labute approximate surface area is 154 Å². The Bertz CT molecular complexity index is 871. The van der Waals surface area contributed by atoms with E-state index in [4.69, 9.17) is 21.4 Å². The van der Waals surface area contributed by atoms with Crippen LogP contribution in [0.3, 0.4) is 0 Å². The van der Waals surface area contributed by atoms with Gasteiger partial charge in [0.1, 0.15) is 11.4 Å². The number of ether oxygens (including phenoxy) is 1. The van der Waals surface area contributed by atoms with Crippen LogP contribution in [0.2, 0.25) is 5.02 Å². The lowest BCUT2D eigenvalue weighted by molar-refractivity contribution is 0.0248. The second kappa shape index (κ2) is 7.99. The fourth-order valence-electron chi connectivity index (χ4n) is 3.10. The molecule has 2 heterocycles. The Morgan fingerprint density at radius 2 is 2.23 bits per heavy atom. The number of carboxylic acids is 1. The van der Waals surface area contributed by atoms with Gasteiger partial charge in [-0.15, -0.1) is 0 Å². The highest BCUT2D eigenvalue weighted by Crippen LogP contribution is 2.30. The molecule has 2 aromatic rings. The van der Waals surface area contributed by atoms with Crippen LogP contribution in [0.15, 0.2) is 41.3 Å². The first-order chi connectivity index (χ1) is 12.5. The van der Waals surface area contributed by atoms with Crippen LogP contribution in [-0.2, 0) is 11.3 Å². The maximum Gasteiger partial charge on any atom is 0.341 e. The second-order valence-corrected chi connectivity index (χ2v) is 6.52. The normalized spacial score (nSPS) is 20.5. The molecule has 1 aliphatic rings. The van der Waals surface area contributed by atoms with Gasteiger partial charge >= 0.3 is 5.97 Å². The van der Waals surface area contributed by atoms with Crippen LogP contribution in [0.5, 0.6) is 0 Å². The van der Waals surface area contributed by atoms with E-state index in [9.17, 15) is 14.0 Å². The van der Waals surface area contributed by atoms with E-state index >= 15 is 0 Å². The van der Waals surface area contributed by atoms with Crippen molar-refractivity contribution >= 4 is 17.6 Å². The molecule has 0 amide bonds. The smallest absolute Gasteiger partial charge is 0.341 e. The summed E-state index contributed by atoms with van der Waals surface area (Å²) in [6.45, 7) is 1.85. The number of carboxylic acid groups (broad SMARTS) is 1. The van der Waals surface area contributed by atoms with Gasteiger partial charge in [0.25, 0.3) is 5.56 Å². The van der Waals surface area contributed by atoms with Crippen molar-refractivity contribution in [1.29, 1.82) is 0 Å². The number of halogens is 2. The van der Waals surface area contributed by atoms with E-state index in [0.29, 0.717) is 25.3 Å². The van der Waals surface area contributed by atoms with E-state index in [-0.39, 0.29) is 23.0 Å². The molecule has 2 N–H and O–H groups in total. The average Bonchev–Trinajstić information content (AvgIpc) is 2.84. The first-order valence-corrected chi connectivity index (χ1v) is 8.55. The zero-order valence-electron chi connectivity index (χ0n) is 13.8. The summed E-state index contributed by atoms with van der Waals surface area (Å²) in [7, 11) is 0. The Kier molecular flexibility index (Phi) is 5.70.